The summed E-state index contributed by atoms with van der Waals surface area (Å²) in [6.45, 7) is 4.64. The minimum atomic E-state index is -0.209. The van der Waals surface area contributed by atoms with E-state index in [0.29, 0.717) is 17.8 Å². The maximum atomic E-state index is 10.6. The molecule has 0 saturated heterocycles. The van der Waals surface area contributed by atoms with Crippen molar-refractivity contribution in [3.05, 3.63) is 34.2 Å². The Bertz CT molecular complexity index is 989. The van der Waals surface area contributed by atoms with E-state index in [-0.39, 0.29) is 28.1 Å². The number of allylic oxidation sites excluding steroid dienone is 1. The van der Waals surface area contributed by atoms with Gasteiger partial charge in [-0.05, 0) is 68.1 Å². The molecule has 6 unspecified atom stereocenters. The summed E-state index contributed by atoms with van der Waals surface area (Å²) in [6, 6.07) is 1.97. The molecule has 1 aromatic heterocycles. The number of fused-ring (bicyclic) bond motifs is 7. The average Bonchev–Trinajstić information content (AvgIpc) is 2.98. The number of hydrogen-bond acceptors (Lipinski definition) is 5. The quantitative estimate of drug-likeness (QED) is 0.475. The maximum Gasteiger partial charge on any atom is 0.197 e. The monoisotopic (exact) mass is 380 g/mol. The first-order valence-corrected chi connectivity index (χ1v) is 10.5. The minimum Gasteiger partial charge on any atom is -0.427 e. The highest BCUT2D eigenvalue weighted by molar-refractivity contribution is 5.37. The van der Waals surface area contributed by atoms with Gasteiger partial charge in [-0.1, -0.05) is 25.5 Å². The van der Waals surface area contributed by atoms with Gasteiger partial charge in [-0.2, -0.15) is 9.99 Å². The van der Waals surface area contributed by atoms with Crippen LogP contribution >= 0.6 is 0 Å². The maximum absolute atomic E-state index is 10.6. The van der Waals surface area contributed by atoms with Gasteiger partial charge in [-0.15, -0.1) is 0 Å². The van der Waals surface area contributed by atoms with Crippen LogP contribution in [0.4, 0.5) is 0 Å². The number of hydrogen-bond donors (Lipinski definition) is 3. The molecule has 0 bridgehead atoms. The van der Waals surface area contributed by atoms with Crippen molar-refractivity contribution in [2.24, 2.45) is 23.2 Å². The van der Waals surface area contributed by atoms with Crippen molar-refractivity contribution in [2.45, 2.75) is 70.3 Å². The molecule has 0 aliphatic heterocycles. The van der Waals surface area contributed by atoms with E-state index in [4.69, 9.17) is 5.41 Å². The Morgan fingerprint density at radius 2 is 1.96 bits per heavy atom. The molecule has 2 saturated carbocycles. The molecule has 0 radical (unpaired) electrons. The molecule has 4 aliphatic carbocycles. The van der Waals surface area contributed by atoms with Crippen LogP contribution in [0.15, 0.2) is 11.6 Å². The Morgan fingerprint density at radius 1 is 1.21 bits per heavy atom. The zero-order valence-electron chi connectivity index (χ0n) is 16.6. The Labute approximate surface area is 165 Å². The van der Waals surface area contributed by atoms with E-state index < -0.39 is 0 Å². The van der Waals surface area contributed by atoms with Gasteiger partial charge in [0.1, 0.15) is 6.07 Å². The molecule has 0 spiro atoms. The smallest absolute Gasteiger partial charge is 0.197 e. The predicted molar refractivity (Wildman–Crippen MR) is 101 cm³/mol. The lowest BCUT2D eigenvalue weighted by Crippen LogP contribution is -2.51. The number of nitriles is 1. The van der Waals surface area contributed by atoms with Gasteiger partial charge in [0.15, 0.2) is 11.2 Å². The highest BCUT2D eigenvalue weighted by atomic mass is 16.5. The second-order valence-corrected chi connectivity index (χ2v) is 9.84. The number of rotatable bonds is 0. The zero-order valence-corrected chi connectivity index (χ0v) is 16.6. The standard InChI is InChI=1S/C22H28N4O2/c1-21-7-5-13(27)9-12(21)3-4-14-15(21)6-8-22(2)16(14)10-18-19(22)25-17(11-23)20(24)26(18)28/h3,13-16,24,27-28H,4-10H2,1-2H3. The molecule has 6 nitrogen and oxygen atoms in total. The van der Waals surface area contributed by atoms with Gasteiger partial charge in [0.05, 0.1) is 17.5 Å². The molecular formula is C22H28N4O2. The molecule has 6 atom stereocenters. The highest BCUT2D eigenvalue weighted by Crippen LogP contribution is 2.63. The lowest BCUT2D eigenvalue weighted by molar-refractivity contribution is -0.0172. The van der Waals surface area contributed by atoms with E-state index in [1.807, 2.05) is 6.07 Å². The molecule has 4 aliphatic rings. The number of aliphatic hydroxyl groups is 1. The Morgan fingerprint density at radius 3 is 2.71 bits per heavy atom. The molecule has 148 valence electrons. The van der Waals surface area contributed by atoms with Crippen LogP contribution in [-0.2, 0) is 11.8 Å². The van der Waals surface area contributed by atoms with Gasteiger partial charge in [-0.3, -0.25) is 5.41 Å². The average molecular weight is 380 g/mol. The summed E-state index contributed by atoms with van der Waals surface area (Å²) < 4.78 is 0.905. The summed E-state index contributed by atoms with van der Waals surface area (Å²) in [5, 5.41) is 38.1. The van der Waals surface area contributed by atoms with E-state index in [0.717, 1.165) is 61.1 Å². The van der Waals surface area contributed by atoms with Crippen LogP contribution in [-0.4, -0.2) is 26.1 Å². The van der Waals surface area contributed by atoms with E-state index in [1.165, 1.54) is 5.57 Å². The second kappa shape index (κ2) is 5.70. The van der Waals surface area contributed by atoms with Crippen molar-refractivity contribution in [3.8, 4) is 6.07 Å². The van der Waals surface area contributed by atoms with Crippen molar-refractivity contribution in [2.75, 3.05) is 0 Å². The van der Waals surface area contributed by atoms with Crippen LogP contribution in [0.25, 0.3) is 0 Å². The SMILES string of the molecule is CC12CCC(O)CC1=CCC1C2CCC2(C)c3nc(C#N)c(=N)n(O)c3CC12. The molecule has 28 heavy (non-hydrogen) atoms. The van der Waals surface area contributed by atoms with E-state index >= 15 is 0 Å². The Hall–Kier alpha value is -2.13. The van der Waals surface area contributed by atoms with Crippen molar-refractivity contribution >= 4 is 0 Å². The van der Waals surface area contributed by atoms with E-state index in [2.05, 4.69) is 24.9 Å². The highest BCUT2D eigenvalue weighted by Gasteiger charge is 2.58. The molecule has 1 heterocycles. The molecule has 0 aromatic carbocycles. The molecular weight excluding hydrogens is 352 g/mol. The first kappa shape index (κ1) is 17.9. The lowest BCUT2D eigenvalue weighted by atomic mass is 9.48. The summed E-state index contributed by atoms with van der Waals surface area (Å²) >= 11 is 0. The number of nitrogens with zero attached hydrogens (tertiary/aromatic N) is 3. The van der Waals surface area contributed by atoms with Crippen LogP contribution in [0.1, 0.15) is 69.5 Å². The summed E-state index contributed by atoms with van der Waals surface area (Å²) in [7, 11) is 0. The molecule has 2 fully saturated rings. The fourth-order valence-corrected chi connectivity index (χ4v) is 7.12. The van der Waals surface area contributed by atoms with Crippen LogP contribution in [0.3, 0.4) is 0 Å². The van der Waals surface area contributed by atoms with E-state index in [1.54, 1.807) is 0 Å². The van der Waals surface area contributed by atoms with Crippen LogP contribution < -0.4 is 5.49 Å². The third kappa shape index (κ3) is 2.11. The normalized spacial score (nSPS) is 41.1. The molecule has 1 aromatic rings. The summed E-state index contributed by atoms with van der Waals surface area (Å²) in [6.07, 6.45) is 8.76. The fraction of sp³-hybridized carbons (Fsp3) is 0.682. The minimum absolute atomic E-state index is 0.00399. The van der Waals surface area contributed by atoms with Gasteiger partial charge in [-0.25, -0.2) is 4.98 Å². The third-order valence-electron chi connectivity index (χ3n) is 8.72. The first-order chi connectivity index (χ1) is 13.3. The van der Waals surface area contributed by atoms with E-state index in [9.17, 15) is 15.6 Å². The summed E-state index contributed by atoms with van der Waals surface area (Å²) in [4.78, 5) is 4.56. The van der Waals surface area contributed by atoms with Crippen molar-refractivity contribution in [1.82, 2.24) is 9.71 Å². The van der Waals surface area contributed by atoms with Crippen LogP contribution in [0.5, 0.6) is 0 Å². The molecule has 6 heteroatoms. The summed E-state index contributed by atoms with van der Waals surface area (Å²) in [5.74, 6) is 1.46. The second-order valence-electron chi connectivity index (χ2n) is 9.84. The predicted octanol–water partition coefficient (Wildman–Crippen LogP) is 2.81. The Kier molecular flexibility index (Phi) is 3.65. The van der Waals surface area contributed by atoms with Gasteiger partial charge in [0.25, 0.3) is 0 Å². The van der Waals surface area contributed by atoms with Gasteiger partial charge in [0, 0.05) is 5.41 Å². The van der Waals surface area contributed by atoms with Crippen molar-refractivity contribution in [3.63, 3.8) is 0 Å². The number of aromatic nitrogens is 2. The van der Waals surface area contributed by atoms with Crippen molar-refractivity contribution < 1.29 is 10.3 Å². The molecule has 3 N–H and O–H groups in total. The van der Waals surface area contributed by atoms with Crippen molar-refractivity contribution in [1.29, 1.82) is 10.7 Å². The molecule has 5 rings (SSSR count). The van der Waals surface area contributed by atoms with Gasteiger partial charge in [0.2, 0.25) is 0 Å². The fourth-order valence-electron chi connectivity index (χ4n) is 7.12. The first-order valence-electron chi connectivity index (χ1n) is 10.5. The topological polar surface area (TPSA) is 106 Å². The third-order valence-corrected chi connectivity index (χ3v) is 8.72. The Balaban J connectivity index is 1.58. The molecule has 0 amide bonds. The number of aliphatic hydroxyl groups excluding tert-OH is 1. The number of nitrogens with one attached hydrogen (secondary N) is 1. The van der Waals surface area contributed by atoms with Gasteiger partial charge < -0.3 is 10.3 Å². The van der Waals surface area contributed by atoms with Gasteiger partial charge >= 0.3 is 0 Å². The largest absolute Gasteiger partial charge is 0.427 e. The zero-order chi connectivity index (χ0) is 19.8. The van der Waals surface area contributed by atoms with Crippen LogP contribution in [0, 0.1) is 39.9 Å². The lowest BCUT2D eigenvalue weighted by Gasteiger charge is -2.57. The summed E-state index contributed by atoms with van der Waals surface area (Å²) in [5.41, 5.74) is 2.79. The van der Waals surface area contributed by atoms with Crippen LogP contribution in [0.2, 0.25) is 0 Å².